The van der Waals surface area contributed by atoms with Gasteiger partial charge in [-0.25, -0.2) is 4.98 Å². The smallest absolute Gasteiger partial charge is 0.0991 e. The van der Waals surface area contributed by atoms with E-state index >= 15 is 0 Å². The molecule has 0 bridgehead atoms. The molecule has 0 amide bonds. The minimum Gasteiger partial charge on any atom is -0.306 e. The van der Waals surface area contributed by atoms with Crippen LogP contribution in [-0.2, 0) is 0 Å². The molecule has 0 saturated carbocycles. The van der Waals surface area contributed by atoms with Gasteiger partial charge in [0, 0.05) is 23.8 Å². The number of rotatable bonds is 2. The number of fused-ring (bicyclic) bond motifs is 1. The highest BCUT2D eigenvalue weighted by Crippen LogP contribution is 2.34. The fraction of sp³-hybridized carbons (Fsp3) is 0.467. The van der Waals surface area contributed by atoms with Crippen LogP contribution in [-0.4, -0.2) is 21.3 Å². The van der Waals surface area contributed by atoms with Gasteiger partial charge in [0.05, 0.1) is 12.4 Å². The van der Waals surface area contributed by atoms with Crippen molar-refractivity contribution in [1.82, 2.24) is 9.55 Å². The van der Waals surface area contributed by atoms with Gasteiger partial charge in [-0.05, 0) is 43.8 Å². The van der Waals surface area contributed by atoms with Crippen LogP contribution < -0.4 is 0 Å². The molecule has 2 heterocycles. The van der Waals surface area contributed by atoms with E-state index in [0.717, 1.165) is 12.8 Å². The van der Waals surface area contributed by atoms with Gasteiger partial charge in [-0.3, -0.25) is 4.99 Å². The van der Waals surface area contributed by atoms with Crippen LogP contribution in [0.2, 0.25) is 0 Å². The summed E-state index contributed by atoms with van der Waals surface area (Å²) in [4.78, 5) is 8.94. The summed E-state index contributed by atoms with van der Waals surface area (Å²) in [6.45, 7) is 4.43. The Balaban J connectivity index is 1.91. The van der Waals surface area contributed by atoms with Gasteiger partial charge in [0.2, 0.25) is 0 Å². The molecular weight excluding hydrogens is 222 g/mol. The first-order valence-electron chi connectivity index (χ1n) is 6.69. The maximum atomic E-state index is 4.82. The predicted octanol–water partition coefficient (Wildman–Crippen LogP) is 3.31. The SMILES string of the molecule is CCC1=NC2C=CC(n3ccnc3)=C(C)CC2C1. The van der Waals surface area contributed by atoms with Crippen molar-refractivity contribution in [2.24, 2.45) is 10.9 Å². The number of allylic oxidation sites excluding steroid dienone is 3. The summed E-state index contributed by atoms with van der Waals surface area (Å²) in [5.41, 5.74) is 4.08. The molecule has 1 aromatic rings. The van der Waals surface area contributed by atoms with E-state index in [1.807, 2.05) is 18.7 Å². The molecule has 0 aromatic carbocycles. The van der Waals surface area contributed by atoms with Gasteiger partial charge in [-0.15, -0.1) is 0 Å². The standard InChI is InChI=1S/C15H19N3/c1-3-13-9-12-8-11(2)15(5-4-14(12)17-13)18-7-6-16-10-18/h4-7,10,12,14H,3,8-9H2,1-2H3. The maximum absolute atomic E-state index is 4.82. The van der Waals surface area contributed by atoms with Crippen LogP contribution in [0.25, 0.3) is 5.70 Å². The summed E-state index contributed by atoms with van der Waals surface area (Å²) in [6, 6.07) is 0.385. The highest BCUT2D eigenvalue weighted by atomic mass is 15.0. The minimum atomic E-state index is 0.385. The summed E-state index contributed by atoms with van der Waals surface area (Å²) < 4.78 is 2.09. The third-order valence-corrected chi connectivity index (χ3v) is 3.96. The molecule has 1 aliphatic heterocycles. The molecule has 0 N–H and O–H groups in total. The second-order valence-corrected chi connectivity index (χ2v) is 5.20. The van der Waals surface area contributed by atoms with Crippen LogP contribution in [0, 0.1) is 5.92 Å². The van der Waals surface area contributed by atoms with E-state index in [0.29, 0.717) is 12.0 Å². The third kappa shape index (κ3) is 1.94. The third-order valence-electron chi connectivity index (χ3n) is 3.96. The summed E-state index contributed by atoms with van der Waals surface area (Å²) in [5.74, 6) is 0.664. The van der Waals surface area contributed by atoms with E-state index in [4.69, 9.17) is 4.99 Å². The van der Waals surface area contributed by atoms with E-state index in [2.05, 4.69) is 35.6 Å². The molecule has 0 fully saturated rings. The second kappa shape index (κ2) is 4.56. The number of nitrogens with zero attached hydrogens (tertiary/aromatic N) is 3. The molecule has 3 nitrogen and oxygen atoms in total. The topological polar surface area (TPSA) is 30.2 Å². The zero-order chi connectivity index (χ0) is 12.5. The zero-order valence-corrected chi connectivity index (χ0v) is 11.0. The lowest BCUT2D eigenvalue weighted by Gasteiger charge is -2.13. The lowest BCUT2D eigenvalue weighted by atomic mass is 9.92. The van der Waals surface area contributed by atoms with Crippen LogP contribution in [0.5, 0.6) is 0 Å². The van der Waals surface area contributed by atoms with Crippen molar-refractivity contribution in [2.45, 2.75) is 39.2 Å². The Morgan fingerprint density at radius 1 is 1.39 bits per heavy atom. The maximum Gasteiger partial charge on any atom is 0.0991 e. The average molecular weight is 241 g/mol. The van der Waals surface area contributed by atoms with E-state index < -0.39 is 0 Å². The van der Waals surface area contributed by atoms with Crippen molar-refractivity contribution < 1.29 is 0 Å². The van der Waals surface area contributed by atoms with Crippen LogP contribution in [0.15, 0.2) is 41.4 Å². The Kier molecular flexibility index (Phi) is 2.90. The molecule has 18 heavy (non-hydrogen) atoms. The van der Waals surface area contributed by atoms with Crippen molar-refractivity contribution in [1.29, 1.82) is 0 Å². The lowest BCUT2D eigenvalue weighted by molar-refractivity contribution is 0.522. The number of imidazole rings is 1. The number of aliphatic imine (C=N–C) groups is 1. The van der Waals surface area contributed by atoms with E-state index in [9.17, 15) is 0 Å². The highest BCUT2D eigenvalue weighted by molar-refractivity contribution is 5.86. The van der Waals surface area contributed by atoms with Crippen molar-refractivity contribution in [2.75, 3.05) is 0 Å². The van der Waals surface area contributed by atoms with Crippen LogP contribution >= 0.6 is 0 Å². The first-order valence-corrected chi connectivity index (χ1v) is 6.69. The van der Waals surface area contributed by atoms with Gasteiger partial charge in [-0.1, -0.05) is 13.0 Å². The van der Waals surface area contributed by atoms with Crippen molar-refractivity contribution in [3.8, 4) is 0 Å². The van der Waals surface area contributed by atoms with Crippen molar-refractivity contribution in [3.63, 3.8) is 0 Å². The number of aromatic nitrogens is 2. The molecule has 0 radical (unpaired) electrons. The molecule has 0 spiro atoms. The summed E-state index contributed by atoms with van der Waals surface area (Å²) in [7, 11) is 0. The van der Waals surface area contributed by atoms with Crippen LogP contribution in [0.3, 0.4) is 0 Å². The average Bonchev–Trinajstić information content (AvgIpc) is 2.98. The molecule has 3 rings (SSSR count). The summed E-state index contributed by atoms with van der Waals surface area (Å²) >= 11 is 0. The van der Waals surface area contributed by atoms with Crippen molar-refractivity contribution in [3.05, 3.63) is 36.4 Å². The van der Waals surface area contributed by atoms with E-state index in [1.165, 1.54) is 23.4 Å². The fourth-order valence-corrected chi connectivity index (χ4v) is 2.96. The Hall–Kier alpha value is -1.64. The van der Waals surface area contributed by atoms with Crippen molar-refractivity contribution >= 4 is 11.4 Å². The Labute approximate surface area is 108 Å². The minimum absolute atomic E-state index is 0.385. The molecule has 94 valence electrons. The molecule has 2 aliphatic rings. The first kappa shape index (κ1) is 11.5. The lowest BCUT2D eigenvalue weighted by Crippen LogP contribution is -2.10. The molecule has 3 heteroatoms. The van der Waals surface area contributed by atoms with E-state index in [-0.39, 0.29) is 0 Å². The Morgan fingerprint density at radius 2 is 2.28 bits per heavy atom. The molecule has 2 atom stereocenters. The molecule has 2 unspecified atom stereocenters. The first-order chi connectivity index (χ1) is 8.78. The van der Waals surface area contributed by atoms with Gasteiger partial charge in [0.1, 0.15) is 0 Å². The fourth-order valence-electron chi connectivity index (χ4n) is 2.96. The van der Waals surface area contributed by atoms with E-state index in [1.54, 1.807) is 0 Å². The quantitative estimate of drug-likeness (QED) is 0.781. The van der Waals surface area contributed by atoms with Gasteiger partial charge in [0.25, 0.3) is 0 Å². The molecule has 1 aliphatic carbocycles. The predicted molar refractivity (Wildman–Crippen MR) is 74.5 cm³/mol. The monoisotopic (exact) mass is 241 g/mol. The summed E-state index contributed by atoms with van der Waals surface area (Å²) in [5, 5.41) is 0. The number of hydrogen-bond donors (Lipinski definition) is 0. The van der Waals surface area contributed by atoms with Gasteiger partial charge in [0.15, 0.2) is 0 Å². The molecule has 0 saturated heterocycles. The van der Waals surface area contributed by atoms with Gasteiger partial charge < -0.3 is 4.57 Å². The van der Waals surface area contributed by atoms with Gasteiger partial charge >= 0.3 is 0 Å². The van der Waals surface area contributed by atoms with Crippen LogP contribution in [0.4, 0.5) is 0 Å². The van der Waals surface area contributed by atoms with Crippen LogP contribution in [0.1, 0.15) is 33.1 Å². The Bertz CT molecular complexity index is 520. The zero-order valence-electron chi connectivity index (χ0n) is 11.0. The normalized spacial score (nSPS) is 27.1. The number of hydrogen-bond acceptors (Lipinski definition) is 2. The molecular formula is C15H19N3. The highest BCUT2D eigenvalue weighted by Gasteiger charge is 2.28. The molecule has 1 aromatic heterocycles. The second-order valence-electron chi connectivity index (χ2n) is 5.20. The largest absolute Gasteiger partial charge is 0.306 e. The summed E-state index contributed by atoms with van der Waals surface area (Å²) in [6.07, 6.45) is 13.6. The Morgan fingerprint density at radius 3 is 3.00 bits per heavy atom. The van der Waals surface area contributed by atoms with Gasteiger partial charge in [-0.2, -0.15) is 0 Å².